The van der Waals surface area contributed by atoms with E-state index in [0.29, 0.717) is 0 Å². The maximum Gasteiger partial charge on any atom is 0.0798 e. The van der Waals surface area contributed by atoms with Gasteiger partial charge in [-0.25, -0.2) is 0 Å². The smallest absolute Gasteiger partial charge is 0.0798 e. The summed E-state index contributed by atoms with van der Waals surface area (Å²) in [5, 5.41) is -0.194. The molecule has 0 heterocycles. The van der Waals surface area contributed by atoms with E-state index in [1.54, 1.807) is 0 Å². The van der Waals surface area contributed by atoms with Gasteiger partial charge >= 0.3 is 0 Å². The van der Waals surface area contributed by atoms with Crippen molar-refractivity contribution in [2.45, 2.75) is 26.1 Å². The van der Waals surface area contributed by atoms with Crippen molar-refractivity contribution in [3.05, 3.63) is 12.2 Å². The molecule has 0 aromatic rings. The summed E-state index contributed by atoms with van der Waals surface area (Å²) in [4.78, 5) is 0. The van der Waals surface area contributed by atoms with Crippen molar-refractivity contribution in [1.29, 1.82) is 0 Å². The molecule has 0 bridgehead atoms. The van der Waals surface area contributed by atoms with Gasteiger partial charge in [0.25, 0.3) is 0 Å². The SMILES string of the molecule is [B]C(C)(C)C(=C)C. The molecule has 0 rings (SSSR count). The Labute approximate surface area is 47.0 Å². The molecule has 0 aliphatic carbocycles. The second-order valence-corrected chi connectivity index (χ2v) is 2.50. The Morgan fingerprint density at radius 3 is 1.71 bits per heavy atom. The molecule has 0 fully saturated rings. The van der Waals surface area contributed by atoms with Gasteiger partial charge < -0.3 is 0 Å². The number of allylic oxidation sites excluding steroid dienone is 1. The molecule has 0 saturated heterocycles. The first kappa shape index (κ1) is 6.80. The molecule has 38 valence electrons. The quantitative estimate of drug-likeness (QED) is 0.344. The molecule has 0 N–H and O–H groups in total. The minimum Gasteiger partial charge on any atom is -0.100 e. The molecule has 0 aliphatic rings. The summed E-state index contributed by atoms with van der Waals surface area (Å²) >= 11 is 0. The van der Waals surface area contributed by atoms with Crippen LogP contribution in [0.5, 0.6) is 0 Å². The van der Waals surface area contributed by atoms with Crippen molar-refractivity contribution in [3.63, 3.8) is 0 Å². The van der Waals surface area contributed by atoms with E-state index in [9.17, 15) is 0 Å². The van der Waals surface area contributed by atoms with Crippen LogP contribution in [0.4, 0.5) is 0 Å². The Morgan fingerprint density at radius 1 is 1.57 bits per heavy atom. The molecule has 1 heteroatoms. The highest BCUT2D eigenvalue weighted by atomic mass is 14.1. The van der Waals surface area contributed by atoms with Crippen molar-refractivity contribution in [3.8, 4) is 0 Å². The molecule has 0 aliphatic heterocycles. The van der Waals surface area contributed by atoms with Crippen LogP contribution >= 0.6 is 0 Å². The van der Waals surface area contributed by atoms with E-state index in [1.807, 2.05) is 20.8 Å². The maximum atomic E-state index is 5.58. The molecule has 0 aromatic carbocycles. The summed E-state index contributed by atoms with van der Waals surface area (Å²) in [6, 6.07) is 0. The predicted molar refractivity (Wildman–Crippen MR) is 34.6 cm³/mol. The highest BCUT2D eigenvalue weighted by molar-refractivity contribution is 6.16. The highest BCUT2D eigenvalue weighted by Gasteiger charge is 2.08. The zero-order chi connectivity index (χ0) is 6.08. The van der Waals surface area contributed by atoms with Crippen LogP contribution < -0.4 is 0 Å². The molecule has 0 aromatic heterocycles. The molecule has 0 saturated carbocycles. The van der Waals surface area contributed by atoms with Gasteiger partial charge in [0.2, 0.25) is 0 Å². The standard InChI is InChI=1S/C6H11B/c1-5(2)6(3,4)7/h1H2,2-4H3. The van der Waals surface area contributed by atoms with Crippen LogP contribution in [0.15, 0.2) is 12.2 Å². The fourth-order valence-corrected chi connectivity index (χ4v) is 0. The lowest BCUT2D eigenvalue weighted by molar-refractivity contribution is 0.802. The van der Waals surface area contributed by atoms with Crippen LogP contribution in [0.3, 0.4) is 0 Å². The average Bonchev–Trinajstić information content (AvgIpc) is 1.31. The van der Waals surface area contributed by atoms with Gasteiger partial charge in [-0.1, -0.05) is 24.7 Å². The second kappa shape index (κ2) is 1.73. The van der Waals surface area contributed by atoms with Gasteiger partial charge in [0.05, 0.1) is 7.85 Å². The Morgan fingerprint density at radius 2 is 1.71 bits per heavy atom. The molecule has 0 amide bonds. The van der Waals surface area contributed by atoms with Gasteiger partial charge in [-0.15, -0.1) is 6.58 Å². The van der Waals surface area contributed by atoms with Crippen LogP contribution in [0.25, 0.3) is 0 Å². The van der Waals surface area contributed by atoms with Gasteiger partial charge in [-0.3, -0.25) is 0 Å². The lowest BCUT2D eigenvalue weighted by atomic mass is 9.68. The van der Waals surface area contributed by atoms with Crippen molar-refractivity contribution >= 4 is 7.85 Å². The summed E-state index contributed by atoms with van der Waals surface area (Å²) in [5.41, 5.74) is 1.02. The molecule has 0 unspecified atom stereocenters. The Hall–Kier alpha value is -0.195. The van der Waals surface area contributed by atoms with E-state index in [4.69, 9.17) is 7.85 Å². The number of hydrogen-bond acceptors (Lipinski definition) is 0. The maximum absolute atomic E-state index is 5.58. The van der Waals surface area contributed by atoms with Crippen LogP contribution in [-0.2, 0) is 0 Å². The zero-order valence-corrected chi connectivity index (χ0v) is 5.28. The second-order valence-electron chi connectivity index (χ2n) is 2.50. The first-order valence-electron chi connectivity index (χ1n) is 2.39. The average molecular weight is 94.0 g/mol. The summed E-state index contributed by atoms with van der Waals surface area (Å²) in [5.74, 6) is 0. The molecular weight excluding hydrogens is 82.9 g/mol. The lowest BCUT2D eigenvalue weighted by Gasteiger charge is -2.17. The molecule has 0 spiro atoms. The molecule has 7 heavy (non-hydrogen) atoms. The lowest BCUT2D eigenvalue weighted by Crippen LogP contribution is -2.01. The fourth-order valence-electron chi connectivity index (χ4n) is 0. The minimum absolute atomic E-state index is 0.194. The van der Waals surface area contributed by atoms with E-state index >= 15 is 0 Å². The molecule has 2 radical (unpaired) electrons. The third kappa shape index (κ3) is 2.49. The van der Waals surface area contributed by atoms with Gasteiger partial charge in [-0.2, -0.15) is 0 Å². The Balaban J connectivity index is 3.79. The summed E-state index contributed by atoms with van der Waals surface area (Å²) < 4.78 is 0. The van der Waals surface area contributed by atoms with Crippen molar-refractivity contribution < 1.29 is 0 Å². The van der Waals surface area contributed by atoms with Crippen molar-refractivity contribution in [2.24, 2.45) is 0 Å². The number of hydrogen-bond donors (Lipinski definition) is 0. The van der Waals surface area contributed by atoms with Gasteiger partial charge in [0.15, 0.2) is 0 Å². The van der Waals surface area contributed by atoms with Gasteiger partial charge in [0, 0.05) is 0 Å². The van der Waals surface area contributed by atoms with E-state index < -0.39 is 0 Å². The van der Waals surface area contributed by atoms with E-state index in [2.05, 4.69) is 6.58 Å². The molecular formula is C6H11B. The third-order valence-electron chi connectivity index (χ3n) is 1.10. The zero-order valence-electron chi connectivity index (χ0n) is 5.28. The molecule has 0 nitrogen and oxygen atoms in total. The van der Waals surface area contributed by atoms with Crippen LogP contribution in [0, 0.1) is 0 Å². The van der Waals surface area contributed by atoms with Crippen LogP contribution in [0.2, 0.25) is 5.31 Å². The summed E-state index contributed by atoms with van der Waals surface area (Å²) in [6.45, 7) is 9.51. The largest absolute Gasteiger partial charge is 0.100 e. The summed E-state index contributed by atoms with van der Waals surface area (Å²) in [6.07, 6.45) is 0. The first-order chi connectivity index (χ1) is 2.94. The first-order valence-corrected chi connectivity index (χ1v) is 2.39. The summed E-state index contributed by atoms with van der Waals surface area (Å²) in [7, 11) is 5.58. The molecule has 0 atom stereocenters. The van der Waals surface area contributed by atoms with Gasteiger partial charge in [-0.05, 0) is 6.92 Å². The Kier molecular flexibility index (Phi) is 1.68. The third-order valence-corrected chi connectivity index (χ3v) is 1.10. The normalized spacial score (nSPS) is 11.3. The predicted octanol–water partition coefficient (Wildman–Crippen LogP) is 1.93. The van der Waals surface area contributed by atoms with E-state index in [-0.39, 0.29) is 5.31 Å². The van der Waals surface area contributed by atoms with Gasteiger partial charge in [0.1, 0.15) is 0 Å². The van der Waals surface area contributed by atoms with Crippen molar-refractivity contribution in [2.75, 3.05) is 0 Å². The fraction of sp³-hybridized carbons (Fsp3) is 0.667. The monoisotopic (exact) mass is 94.1 g/mol. The van der Waals surface area contributed by atoms with Crippen LogP contribution in [0.1, 0.15) is 20.8 Å². The van der Waals surface area contributed by atoms with Crippen LogP contribution in [-0.4, -0.2) is 7.85 Å². The van der Waals surface area contributed by atoms with Crippen molar-refractivity contribution in [1.82, 2.24) is 0 Å². The minimum atomic E-state index is -0.194. The number of rotatable bonds is 1. The Bertz CT molecular complexity index is 76.7. The van der Waals surface area contributed by atoms with E-state index in [1.165, 1.54) is 0 Å². The van der Waals surface area contributed by atoms with E-state index in [0.717, 1.165) is 5.57 Å². The highest BCUT2D eigenvalue weighted by Crippen LogP contribution is 2.26. The topological polar surface area (TPSA) is 0 Å².